The number of benzene rings is 2. The molecular formula is C23H28N4O3. The van der Waals surface area contributed by atoms with Crippen LogP contribution in [0.2, 0.25) is 0 Å². The normalized spacial score (nSPS) is 14.2. The van der Waals surface area contributed by atoms with E-state index >= 15 is 0 Å². The lowest BCUT2D eigenvalue weighted by Crippen LogP contribution is -2.52. The van der Waals surface area contributed by atoms with Crippen LogP contribution in [0.4, 0.5) is 4.79 Å². The fraction of sp³-hybridized carbons (Fsp3) is 0.348. The van der Waals surface area contributed by atoms with E-state index in [0.717, 1.165) is 16.7 Å². The lowest BCUT2D eigenvalue weighted by molar-refractivity contribution is -0.132. The zero-order valence-corrected chi connectivity index (χ0v) is 17.3. The van der Waals surface area contributed by atoms with Gasteiger partial charge < -0.3 is 10.2 Å². The van der Waals surface area contributed by atoms with Crippen molar-refractivity contribution in [1.29, 1.82) is 0 Å². The van der Waals surface area contributed by atoms with Gasteiger partial charge in [-0.3, -0.25) is 19.8 Å². The van der Waals surface area contributed by atoms with Crippen LogP contribution in [0.3, 0.4) is 0 Å². The minimum Gasteiger partial charge on any atom is -0.340 e. The van der Waals surface area contributed by atoms with Crippen molar-refractivity contribution in [3.8, 4) is 0 Å². The summed E-state index contributed by atoms with van der Waals surface area (Å²) in [6.45, 7) is 4.89. The van der Waals surface area contributed by atoms with Gasteiger partial charge in [0.1, 0.15) is 0 Å². The summed E-state index contributed by atoms with van der Waals surface area (Å²) in [5.41, 5.74) is 3.13. The number of piperazine rings is 1. The van der Waals surface area contributed by atoms with Crippen molar-refractivity contribution in [2.75, 3.05) is 32.7 Å². The van der Waals surface area contributed by atoms with Crippen molar-refractivity contribution >= 4 is 17.8 Å². The molecule has 1 aliphatic rings. The third-order valence-electron chi connectivity index (χ3n) is 5.24. The molecule has 0 spiro atoms. The van der Waals surface area contributed by atoms with Crippen molar-refractivity contribution in [1.82, 2.24) is 20.4 Å². The standard InChI is InChI=1S/C23H28N4O3/c1-18-7-5-6-10-20(18)15-22(29)27-13-11-26(12-14-27)17-21(28)25-23(30)24-16-19-8-3-2-4-9-19/h2-10H,11-17H2,1H3,(H2,24,25,28,30). The van der Waals surface area contributed by atoms with Crippen molar-refractivity contribution < 1.29 is 14.4 Å². The highest BCUT2D eigenvalue weighted by Gasteiger charge is 2.23. The molecule has 0 radical (unpaired) electrons. The second kappa shape index (κ2) is 10.5. The zero-order chi connectivity index (χ0) is 21.3. The fourth-order valence-electron chi connectivity index (χ4n) is 3.43. The molecular weight excluding hydrogens is 380 g/mol. The number of carbonyl (C=O) groups excluding carboxylic acids is 3. The molecule has 2 N–H and O–H groups in total. The average molecular weight is 409 g/mol. The van der Waals surface area contributed by atoms with Crippen LogP contribution in [-0.4, -0.2) is 60.4 Å². The molecule has 1 aliphatic heterocycles. The lowest BCUT2D eigenvalue weighted by Gasteiger charge is -2.34. The summed E-state index contributed by atoms with van der Waals surface area (Å²) in [5, 5.41) is 5.03. The summed E-state index contributed by atoms with van der Waals surface area (Å²) < 4.78 is 0. The molecule has 0 bridgehead atoms. The third kappa shape index (κ3) is 6.42. The highest BCUT2D eigenvalue weighted by Crippen LogP contribution is 2.11. The Kier molecular flexibility index (Phi) is 7.57. The third-order valence-corrected chi connectivity index (χ3v) is 5.24. The van der Waals surface area contributed by atoms with Gasteiger partial charge in [-0.05, 0) is 23.6 Å². The van der Waals surface area contributed by atoms with Crippen molar-refractivity contribution in [3.63, 3.8) is 0 Å². The molecule has 0 unspecified atom stereocenters. The van der Waals surface area contributed by atoms with E-state index in [-0.39, 0.29) is 18.4 Å². The Hall–Kier alpha value is -3.19. The van der Waals surface area contributed by atoms with E-state index in [4.69, 9.17) is 0 Å². The van der Waals surface area contributed by atoms with E-state index in [1.807, 2.05) is 71.3 Å². The minimum absolute atomic E-state index is 0.105. The SMILES string of the molecule is Cc1ccccc1CC(=O)N1CCN(CC(=O)NC(=O)NCc2ccccc2)CC1. The summed E-state index contributed by atoms with van der Waals surface area (Å²) in [4.78, 5) is 40.4. The molecule has 1 fully saturated rings. The number of nitrogens with one attached hydrogen (secondary N) is 2. The molecule has 3 rings (SSSR count). The largest absolute Gasteiger partial charge is 0.340 e. The van der Waals surface area contributed by atoms with Crippen molar-refractivity contribution in [2.24, 2.45) is 0 Å². The average Bonchev–Trinajstić information content (AvgIpc) is 2.75. The molecule has 2 aromatic carbocycles. The molecule has 0 aromatic heterocycles. The number of rotatable bonds is 6. The Morgan fingerprint density at radius 3 is 2.27 bits per heavy atom. The summed E-state index contributed by atoms with van der Waals surface area (Å²) in [6.07, 6.45) is 0.398. The number of aryl methyl sites for hydroxylation is 1. The van der Waals surface area contributed by atoms with Gasteiger partial charge in [0.2, 0.25) is 11.8 Å². The van der Waals surface area contributed by atoms with Gasteiger partial charge in [0.05, 0.1) is 13.0 Å². The van der Waals surface area contributed by atoms with Gasteiger partial charge in [-0.2, -0.15) is 0 Å². The molecule has 4 amide bonds. The van der Waals surface area contributed by atoms with Gasteiger partial charge >= 0.3 is 6.03 Å². The maximum absolute atomic E-state index is 12.6. The zero-order valence-electron chi connectivity index (χ0n) is 17.3. The first-order valence-corrected chi connectivity index (χ1v) is 10.2. The van der Waals surface area contributed by atoms with E-state index in [1.165, 1.54) is 0 Å². The Morgan fingerprint density at radius 2 is 1.57 bits per heavy atom. The summed E-state index contributed by atoms with van der Waals surface area (Å²) in [5.74, 6) is -0.242. The van der Waals surface area contributed by atoms with E-state index < -0.39 is 6.03 Å². The quantitative estimate of drug-likeness (QED) is 0.763. The van der Waals surface area contributed by atoms with E-state index in [2.05, 4.69) is 10.6 Å². The van der Waals surface area contributed by atoms with Gasteiger partial charge in [0, 0.05) is 32.7 Å². The number of nitrogens with zero attached hydrogens (tertiary/aromatic N) is 2. The molecule has 0 atom stereocenters. The number of imide groups is 1. The summed E-state index contributed by atoms with van der Waals surface area (Å²) in [7, 11) is 0. The molecule has 2 aromatic rings. The Morgan fingerprint density at radius 1 is 0.900 bits per heavy atom. The smallest absolute Gasteiger partial charge is 0.321 e. The van der Waals surface area contributed by atoms with Crippen LogP contribution in [0.15, 0.2) is 54.6 Å². The number of hydrogen-bond donors (Lipinski definition) is 2. The van der Waals surface area contributed by atoms with Crippen molar-refractivity contribution in [3.05, 3.63) is 71.3 Å². The first-order valence-electron chi connectivity index (χ1n) is 10.2. The van der Waals surface area contributed by atoms with Gasteiger partial charge in [0.15, 0.2) is 0 Å². The highest BCUT2D eigenvalue weighted by molar-refractivity contribution is 5.95. The summed E-state index contributed by atoms with van der Waals surface area (Å²) >= 11 is 0. The maximum atomic E-state index is 12.6. The molecule has 30 heavy (non-hydrogen) atoms. The molecule has 0 saturated carbocycles. The number of hydrogen-bond acceptors (Lipinski definition) is 4. The van der Waals surface area contributed by atoms with Crippen LogP contribution in [-0.2, 0) is 22.6 Å². The van der Waals surface area contributed by atoms with Crippen LogP contribution in [0.5, 0.6) is 0 Å². The summed E-state index contributed by atoms with van der Waals surface area (Å²) in [6, 6.07) is 16.9. The molecule has 0 aliphatic carbocycles. The van der Waals surface area contributed by atoms with Crippen LogP contribution < -0.4 is 10.6 Å². The highest BCUT2D eigenvalue weighted by atomic mass is 16.2. The monoisotopic (exact) mass is 408 g/mol. The van der Waals surface area contributed by atoms with Gasteiger partial charge in [-0.1, -0.05) is 54.6 Å². The van der Waals surface area contributed by atoms with Crippen molar-refractivity contribution in [2.45, 2.75) is 19.9 Å². The second-order valence-corrected chi connectivity index (χ2v) is 7.48. The van der Waals surface area contributed by atoms with Crippen LogP contribution in [0, 0.1) is 6.92 Å². The first kappa shape index (κ1) is 21.5. The fourth-order valence-corrected chi connectivity index (χ4v) is 3.43. The van der Waals surface area contributed by atoms with E-state index in [0.29, 0.717) is 39.1 Å². The van der Waals surface area contributed by atoms with Crippen LogP contribution in [0.25, 0.3) is 0 Å². The first-order chi connectivity index (χ1) is 14.5. The predicted octanol–water partition coefficient (Wildman–Crippen LogP) is 1.71. The Labute approximate surface area is 177 Å². The minimum atomic E-state index is -0.504. The van der Waals surface area contributed by atoms with Gasteiger partial charge in [-0.25, -0.2) is 4.79 Å². The Balaban J connectivity index is 1.36. The second-order valence-electron chi connectivity index (χ2n) is 7.48. The molecule has 1 heterocycles. The maximum Gasteiger partial charge on any atom is 0.321 e. The van der Waals surface area contributed by atoms with Gasteiger partial charge in [0.25, 0.3) is 0 Å². The van der Waals surface area contributed by atoms with E-state index in [1.54, 1.807) is 0 Å². The molecule has 1 saturated heterocycles. The predicted molar refractivity (Wildman–Crippen MR) is 115 cm³/mol. The molecule has 7 nitrogen and oxygen atoms in total. The topological polar surface area (TPSA) is 81.8 Å². The molecule has 7 heteroatoms. The Bertz CT molecular complexity index is 877. The number of carbonyl (C=O) groups is 3. The molecule has 158 valence electrons. The number of amides is 4. The van der Waals surface area contributed by atoms with Gasteiger partial charge in [-0.15, -0.1) is 0 Å². The lowest BCUT2D eigenvalue weighted by atomic mass is 10.1. The van der Waals surface area contributed by atoms with Crippen LogP contribution >= 0.6 is 0 Å². The number of urea groups is 1. The van der Waals surface area contributed by atoms with E-state index in [9.17, 15) is 14.4 Å². The van der Waals surface area contributed by atoms with Crippen LogP contribution in [0.1, 0.15) is 16.7 Å².